The highest BCUT2D eigenvalue weighted by Gasteiger charge is 2.34. The van der Waals surface area contributed by atoms with Crippen molar-refractivity contribution in [3.05, 3.63) is 0 Å². The van der Waals surface area contributed by atoms with E-state index in [1.807, 2.05) is 0 Å². The molecule has 106 valence electrons. The van der Waals surface area contributed by atoms with Crippen LogP contribution < -0.4 is 0 Å². The van der Waals surface area contributed by atoms with Gasteiger partial charge >= 0.3 is 0 Å². The van der Waals surface area contributed by atoms with Crippen LogP contribution in [-0.2, 0) is 0 Å². The SMILES string of the molecule is CCN(CC)C[C@H](O)CN1C[C@H]2CCCC[C@@H]2C1. The summed E-state index contributed by atoms with van der Waals surface area (Å²) < 4.78 is 0. The van der Waals surface area contributed by atoms with Crippen molar-refractivity contribution in [3.63, 3.8) is 0 Å². The van der Waals surface area contributed by atoms with Crippen LogP contribution in [0.3, 0.4) is 0 Å². The highest BCUT2D eigenvalue weighted by molar-refractivity contribution is 4.87. The van der Waals surface area contributed by atoms with Gasteiger partial charge in [-0.05, 0) is 37.8 Å². The van der Waals surface area contributed by atoms with Crippen molar-refractivity contribution in [1.29, 1.82) is 0 Å². The van der Waals surface area contributed by atoms with Gasteiger partial charge in [-0.2, -0.15) is 0 Å². The highest BCUT2D eigenvalue weighted by Crippen LogP contribution is 2.35. The van der Waals surface area contributed by atoms with E-state index in [0.717, 1.165) is 38.0 Å². The maximum Gasteiger partial charge on any atom is 0.0793 e. The quantitative estimate of drug-likeness (QED) is 0.783. The molecule has 0 radical (unpaired) electrons. The van der Waals surface area contributed by atoms with Crippen LogP contribution in [0.5, 0.6) is 0 Å². The summed E-state index contributed by atoms with van der Waals surface area (Å²) in [5, 5.41) is 10.2. The summed E-state index contributed by atoms with van der Waals surface area (Å²) in [4.78, 5) is 4.82. The lowest BCUT2D eigenvalue weighted by atomic mass is 9.82. The van der Waals surface area contributed by atoms with Crippen molar-refractivity contribution in [2.75, 3.05) is 39.3 Å². The largest absolute Gasteiger partial charge is 0.390 e. The standard InChI is InChI=1S/C15H30N2O/c1-3-16(4-2)11-15(18)12-17-9-13-7-5-6-8-14(13)10-17/h13-15,18H,3-12H2,1-2H3/t13-,14-,15+/m1/s1. The summed E-state index contributed by atoms with van der Waals surface area (Å²) in [5.74, 6) is 1.86. The summed E-state index contributed by atoms with van der Waals surface area (Å²) in [6, 6.07) is 0. The lowest BCUT2D eigenvalue weighted by Gasteiger charge is -2.25. The molecule has 0 amide bonds. The molecule has 1 aliphatic heterocycles. The molecule has 3 nitrogen and oxygen atoms in total. The molecule has 18 heavy (non-hydrogen) atoms. The van der Waals surface area contributed by atoms with Gasteiger partial charge in [-0.15, -0.1) is 0 Å². The molecule has 1 saturated heterocycles. The van der Waals surface area contributed by atoms with E-state index in [9.17, 15) is 5.11 Å². The monoisotopic (exact) mass is 254 g/mol. The van der Waals surface area contributed by atoms with E-state index in [-0.39, 0.29) is 6.10 Å². The fraction of sp³-hybridized carbons (Fsp3) is 1.00. The van der Waals surface area contributed by atoms with Gasteiger partial charge in [0, 0.05) is 26.2 Å². The third-order valence-corrected chi connectivity index (χ3v) is 4.88. The number of fused-ring (bicyclic) bond motifs is 1. The zero-order valence-electron chi connectivity index (χ0n) is 12.1. The van der Waals surface area contributed by atoms with E-state index in [1.54, 1.807) is 0 Å². The second kappa shape index (κ2) is 6.88. The molecule has 3 atom stereocenters. The Hall–Kier alpha value is -0.120. The van der Waals surface area contributed by atoms with Crippen LogP contribution in [0.25, 0.3) is 0 Å². The fourth-order valence-corrected chi connectivity index (χ4v) is 3.79. The molecular formula is C15H30N2O. The van der Waals surface area contributed by atoms with Crippen molar-refractivity contribution < 1.29 is 5.11 Å². The van der Waals surface area contributed by atoms with Crippen LogP contribution in [0.15, 0.2) is 0 Å². The number of β-amino-alcohol motifs (C(OH)–C–C–N with tert-alkyl or cyclic N) is 1. The predicted octanol–water partition coefficient (Wildman–Crippen LogP) is 1.81. The Morgan fingerprint density at radius 2 is 1.67 bits per heavy atom. The minimum Gasteiger partial charge on any atom is -0.390 e. The first-order valence-corrected chi connectivity index (χ1v) is 7.85. The van der Waals surface area contributed by atoms with Gasteiger partial charge in [0.15, 0.2) is 0 Å². The molecule has 0 unspecified atom stereocenters. The molecule has 2 rings (SSSR count). The van der Waals surface area contributed by atoms with Crippen molar-refractivity contribution in [3.8, 4) is 0 Å². The van der Waals surface area contributed by atoms with Gasteiger partial charge in [0.2, 0.25) is 0 Å². The van der Waals surface area contributed by atoms with Gasteiger partial charge in [0.05, 0.1) is 6.10 Å². The number of rotatable bonds is 6. The zero-order chi connectivity index (χ0) is 13.0. The Morgan fingerprint density at radius 3 is 2.17 bits per heavy atom. The normalized spacial score (nSPS) is 30.7. The Labute approximate surface area is 112 Å². The Kier molecular flexibility index (Phi) is 5.46. The average Bonchev–Trinajstić information content (AvgIpc) is 2.77. The van der Waals surface area contributed by atoms with Crippen LogP contribution in [0, 0.1) is 11.8 Å². The summed E-state index contributed by atoms with van der Waals surface area (Å²) >= 11 is 0. The molecule has 0 aromatic heterocycles. The van der Waals surface area contributed by atoms with Gasteiger partial charge in [-0.3, -0.25) is 0 Å². The van der Waals surface area contributed by atoms with E-state index in [4.69, 9.17) is 0 Å². The third kappa shape index (κ3) is 3.69. The highest BCUT2D eigenvalue weighted by atomic mass is 16.3. The Morgan fingerprint density at radius 1 is 1.11 bits per heavy atom. The molecule has 1 saturated carbocycles. The number of hydrogen-bond acceptors (Lipinski definition) is 3. The molecule has 1 N–H and O–H groups in total. The lowest BCUT2D eigenvalue weighted by Crippen LogP contribution is -2.39. The maximum atomic E-state index is 10.2. The van der Waals surface area contributed by atoms with Crippen molar-refractivity contribution in [2.45, 2.75) is 45.6 Å². The topological polar surface area (TPSA) is 26.7 Å². The van der Waals surface area contributed by atoms with Crippen molar-refractivity contribution >= 4 is 0 Å². The number of likely N-dealkylation sites (tertiary alicyclic amines) is 1. The summed E-state index contributed by atoms with van der Waals surface area (Å²) in [6.07, 6.45) is 5.53. The van der Waals surface area contributed by atoms with Crippen LogP contribution in [0.2, 0.25) is 0 Å². The first-order valence-electron chi connectivity index (χ1n) is 7.85. The van der Waals surface area contributed by atoms with Crippen LogP contribution in [0.4, 0.5) is 0 Å². The zero-order valence-corrected chi connectivity index (χ0v) is 12.1. The third-order valence-electron chi connectivity index (χ3n) is 4.88. The Balaban J connectivity index is 1.73. The second-order valence-electron chi connectivity index (χ2n) is 6.16. The number of aliphatic hydroxyl groups is 1. The van der Waals surface area contributed by atoms with Crippen molar-refractivity contribution in [2.24, 2.45) is 11.8 Å². The molecule has 0 spiro atoms. The molecule has 1 heterocycles. The molecule has 0 aromatic rings. The maximum absolute atomic E-state index is 10.2. The van der Waals surface area contributed by atoms with E-state index in [2.05, 4.69) is 23.6 Å². The van der Waals surface area contributed by atoms with Crippen molar-refractivity contribution in [1.82, 2.24) is 9.80 Å². The van der Waals surface area contributed by atoms with Crippen LogP contribution in [-0.4, -0.2) is 60.3 Å². The van der Waals surface area contributed by atoms with Gasteiger partial charge in [-0.25, -0.2) is 0 Å². The van der Waals surface area contributed by atoms with Gasteiger partial charge in [0.1, 0.15) is 0 Å². The first-order chi connectivity index (χ1) is 8.72. The molecule has 2 aliphatic rings. The second-order valence-corrected chi connectivity index (χ2v) is 6.16. The fourth-order valence-electron chi connectivity index (χ4n) is 3.79. The predicted molar refractivity (Wildman–Crippen MR) is 75.7 cm³/mol. The molecular weight excluding hydrogens is 224 g/mol. The molecule has 1 aliphatic carbocycles. The number of likely N-dealkylation sites (N-methyl/N-ethyl adjacent to an activating group) is 1. The first kappa shape index (κ1) is 14.3. The number of hydrogen-bond donors (Lipinski definition) is 1. The number of nitrogens with zero attached hydrogens (tertiary/aromatic N) is 2. The molecule has 0 bridgehead atoms. The molecule has 0 aromatic carbocycles. The van der Waals surface area contributed by atoms with Crippen LogP contribution >= 0.6 is 0 Å². The smallest absolute Gasteiger partial charge is 0.0793 e. The van der Waals surface area contributed by atoms with E-state index >= 15 is 0 Å². The van der Waals surface area contributed by atoms with E-state index in [0.29, 0.717) is 0 Å². The molecule has 2 fully saturated rings. The molecule has 3 heteroatoms. The van der Waals surface area contributed by atoms with Crippen LogP contribution in [0.1, 0.15) is 39.5 Å². The average molecular weight is 254 g/mol. The summed E-state index contributed by atoms with van der Waals surface area (Å²) in [5.41, 5.74) is 0. The minimum atomic E-state index is -0.176. The Bertz CT molecular complexity index is 229. The summed E-state index contributed by atoms with van der Waals surface area (Å²) in [7, 11) is 0. The lowest BCUT2D eigenvalue weighted by molar-refractivity contribution is 0.0833. The van der Waals surface area contributed by atoms with Gasteiger partial charge in [0.25, 0.3) is 0 Å². The van der Waals surface area contributed by atoms with Gasteiger partial charge < -0.3 is 14.9 Å². The minimum absolute atomic E-state index is 0.176. The van der Waals surface area contributed by atoms with Gasteiger partial charge in [-0.1, -0.05) is 26.7 Å². The number of aliphatic hydroxyl groups excluding tert-OH is 1. The van der Waals surface area contributed by atoms with E-state index in [1.165, 1.54) is 38.8 Å². The summed E-state index contributed by atoms with van der Waals surface area (Å²) in [6.45, 7) is 10.6. The van der Waals surface area contributed by atoms with E-state index < -0.39 is 0 Å².